The van der Waals surface area contributed by atoms with E-state index in [0.717, 1.165) is 36.9 Å². The first-order valence-electron chi connectivity index (χ1n) is 9.52. The summed E-state index contributed by atoms with van der Waals surface area (Å²) in [6.07, 6.45) is 3.88. The molecule has 1 aromatic carbocycles. The fourth-order valence-electron chi connectivity index (χ4n) is 3.01. The van der Waals surface area contributed by atoms with E-state index in [4.69, 9.17) is 9.47 Å². The highest BCUT2D eigenvalue weighted by Crippen LogP contribution is 2.19. The Balaban J connectivity index is 1.79. The Morgan fingerprint density at radius 2 is 1.85 bits per heavy atom. The molecule has 0 aliphatic heterocycles. The third-order valence-electron chi connectivity index (χ3n) is 4.16. The molecule has 0 spiro atoms. The second-order valence-electron chi connectivity index (χ2n) is 7.20. The predicted octanol–water partition coefficient (Wildman–Crippen LogP) is 6.30. The molecule has 3 atom stereocenters. The van der Waals surface area contributed by atoms with Crippen LogP contribution in [0.4, 0.5) is 4.39 Å². The number of aryl methyl sites for hydroxylation is 2. The van der Waals surface area contributed by atoms with Crippen molar-refractivity contribution in [2.45, 2.75) is 69.5 Å². The lowest BCUT2D eigenvalue weighted by molar-refractivity contribution is 0.203. The highest BCUT2D eigenvalue weighted by atomic mass is 127. The maximum Gasteiger partial charge on any atom is 0.213 e. The van der Waals surface area contributed by atoms with Crippen molar-refractivity contribution in [3.8, 4) is 11.6 Å². The van der Waals surface area contributed by atoms with Crippen molar-refractivity contribution in [1.29, 1.82) is 0 Å². The van der Waals surface area contributed by atoms with Crippen molar-refractivity contribution in [2.24, 2.45) is 0 Å². The van der Waals surface area contributed by atoms with Crippen LogP contribution in [-0.2, 0) is 6.42 Å². The van der Waals surface area contributed by atoms with Gasteiger partial charge in [-0.3, -0.25) is 0 Å². The SMILES string of the molecule is Cc1cc(F)cc(OC(C)CCCc2cccc(O[C@@H](C)CC(C)I)n2)c1. The topological polar surface area (TPSA) is 31.4 Å². The molecule has 27 heavy (non-hydrogen) atoms. The van der Waals surface area contributed by atoms with Crippen molar-refractivity contribution in [3.63, 3.8) is 0 Å². The minimum Gasteiger partial charge on any atom is -0.491 e. The van der Waals surface area contributed by atoms with E-state index in [2.05, 4.69) is 41.4 Å². The fourth-order valence-corrected chi connectivity index (χ4v) is 3.72. The minimum atomic E-state index is -0.260. The van der Waals surface area contributed by atoms with Gasteiger partial charge in [0.2, 0.25) is 5.88 Å². The first kappa shape index (κ1) is 21.9. The second-order valence-corrected chi connectivity index (χ2v) is 9.32. The molecule has 148 valence electrons. The average Bonchev–Trinajstić information content (AvgIpc) is 2.53. The van der Waals surface area contributed by atoms with E-state index in [0.29, 0.717) is 15.6 Å². The Labute approximate surface area is 175 Å². The molecule has 0 aliphatic carbocycles. The number of halogens is 2. The molecule has 2 aromatic rings. The lowest BCUT2D eigenvalue weighted by Gasteiger charge is -2.16. The molecule has 2 unspecified atom stereocenters. The van der Waals surface area contributed by atoms with Crippen LogP contribution in [0.1, 0.15) is 51.3 Å². The van der Waals surface area contributed by atoms with Crippen LogP contribution in [0, 0.1) is 12.7 Å². The van der Waals surface area contributed by atoms with Crippen LogP contribution in [-0.4, -0.2) is 21.1 Å². The first-order chi connectivity index (χ1) is 12.8. The van der Waals surface area contributed by atoms with Gasteiger partial charge in [0.25, 0.3) is 0 Å². The summed E-state index contributed by atoms with van der Waals surface area (Å²) in [5, 5.41) is 0. The zero-order valence-corrected chi connectivity index (χ0v) is 18.7. The molecule has 0 saturated heterocycles. The molecule has 0 radical (unpaired) electrons. The van der Waals surface area contributed by atoms with E-state index >= 15 is 0 Å². The summed E-state index contributed by atoms with van der Waals surface area (Å²) < 4.78 is 25.8. The smallest absolute Gasteiger partial charge is 0.213 e. The normalized spacial score (nSPS) is 14.4. The Kier molecular flexibility index (Phi) is 8.80. The molecule has 1 heterocycles. The van der Waals surface area contributed by atoms with E-state index in [1.807, 2.05) is 38.1 Å². The molecular weight excluding hydrogens is 456 g/mol. The Morgan fingerprint density at radius 1 is 1.07 bits per heavy atom. The van der Waals surface area contributed by atoms with Gasteiger partial charge in [-0.05, 0) is 70.2 Å². The van der Waals surface area contributed by atoms with Crippen molar-refractivity contribution < 1.29 is 13.9 Å². The van der Waals surface area contributed by atoms with E-state index in [1.165, 1.54) is 12.1 Å². The summed E-state index contributed by atoms with van der Waals surface area (Å²) in [4.78, 5) is 4.61. The summed E-state index contributed by atoms with van der Waals surface area (Å²) in [6.45, 7) is 8.14. The van der Waals surface area contributed by atoms with Gasteiger partial charge in [-0.1, -0.05) is 35.6 Å². The predicted molar refractivity (Wildman–Crippen MR) is 117 cm³/mol. The third kappa shape index (κ3) is 8.45. The zero-order chi connectivity index (χ0) is 19.8. The molecule has 0 bridgehead atoms. The summed E-state index contributed by atoms with van der Waals surface area (Å²) in [5.41, 5.74) is 1.89. The van der Waals surface area contributed by atoms with Gasteiger partial charge >= 0.3 is 0 Å². The van der Waals surface area contributed by atoms with E-state index in [-0.39, 0.29) is 18.0 Å². The summed E-state index contributed by atoms with van der Waals surface area (Å²) in [6, 6.07) is 10.7. The van der Waals surface area contributed by atoms with Gasteiger partial charge in [0, 0.05) is 21.8 Å². The van der Waals surface area contributed by atoms with Crippen molar-refractivity contribution in [3.05, 3.63) is 53.5 Å². The van der Waals surface area contributed by atoms with E-state index in [9.17, 15) is 4.39 Å². The molecule has 5 heteroatoms. The number of nitrogens with zero attached hydrogens (tertiary/aromatic N) is 1. The number of aromatic nitrogens is 1. The van der Waals surface area contributed by atoms with Crippen LogP contribution in [0.15, 0.2) is 36.4 Å². The first-order valence-corrected chi connectivity index (χ1v) is 10.8. The number of ether oxygens (including phenoxy) is 2. The van der Waals surface area contributed by atoms with Crippen LogP contribution < -0.4 is 9.47 Å². The van der Waals surface area contributed by atoms with E-state index < -0.39 is 0 Å². The highest BCUT2D eigenvalue weighted by Gasteiger charge is 2.10. The monoisotopic (exact) mass is 485 g/mol. The molecule has 0 aliphatic rings. The van der Waals surface area contributed by atoms with Crippen LogP contribution in [0.25, 0.3) is 0 Å². The minimum absolute atomic E-state index is 0.0239. The van der Waals surface area contributed by atoms with E-state index in [1.54, 1.807) is 0 Å². The number of benzene rings is 1. The van der Waals surface area contributed by atoms with Gasteiger partial charge in [0.1, 0.15) is 11.6 Å². The Hall–Kier alpha value is -1.37. The van der Waals surface area contributed by atoms with Gasteiger partial charge in [0.15, 0.2) is 0 Å². The largest absolute Gasteiger partial charge is 0.491 e. The summed E-state index contributed by atoms with van der Waals surface area (Å²) in [7, 11) is 0. The molecule has 3 nitrogen and oxygen atoms in total. The number of hydrogen-bond acceptors (Lipinski definition) is 3. The standard InChI is InChI=1S/C22H29FINO2/c1-15-11-19(23)14-21(12-15)26-17(3)7-5-8-20-9-6-10-22(25-20)27-18(4)13-16(2)24/h6,9-12,14,16-18H,5,7-8,13H2,1-4H3/t16?,17?,18-/m0/s1. The highest BCUT2D eigenvalue weighted by molar-refractivity contribution is 14.1. The maximum atomic E-state index is 13.4. The van der Waals surface area contributed by atoms with Crippen molar-refractivity contribution in [2.75, 3.05) is 0 Å². The maximum absolute atomic E-state index is 13.4. The molecule has 1 aromatic heterocycles. The molecule has 0 saturated carbocycles. The zero-order valence-electron chi connectivity index (χ0n) is 16.5. The lowest BCUT2D eigenvalue weighted by atomic mass is 10.1. The lowest BCUT2D eigenvalue weighted by Crippen LogP contribution is -2.16. The molecular formula is C22H29FINO2. The number of alkyl halides is 1. The van der Waals surface area contributed by atoms with Gasteiger partial charge in [-0.25, -0.2) is 9.37 Å². The second kappa shape index (κ2) is 10.8. The molecule has 2 rings (SSSR count). The number of pyridine rings is 1. The summed E-state index contributed by atoms with van der Waals surface area (Å²) >= 11 is 2.41. The molecule has 0 amide bonds. The Morgan fingerprint density at radius 3 is 2.56 bits per heavy atom. The van der Waals surface area contributed by atoms with Gasteiger partial charge in [-0.15, -0.1) is 0 Å². The molecule has 0 fully saturated rings. The van der Waals surface area contributed by atoms with Gasteiger partial charge in [0.05, 0.1) is 12.2 Å². The van der Waals surface area contributed by atoms with Crippen LogP contribution in [0.2, 0.25) is 0 Å². The average molecular weight is 485 g/mol. The summed E-state index contributed by atoms with van der Waals surface area (Å²) in [5.74, 6) is 1.02. The van der Waals surface area contributed by atoms with Crippen molar-refractivity contribution >= 4 is 22.6 Å². The number of hydrogen-bond donors (Lipinski definition) is 0. The molecule has 0 N–H and O–H groups in total. The third-order valence-corrected chi connectivity index (χ3v) is 4.66. The van der Waals surface area contributed by atoms with Crippen LogP contribution >= 0.6 is 22.6 Å². The van der Waals surface area contributed by atoms with Crippen LogP contribution in [0.3, 0.4) is 0 Å². The van der Waals surface area contributed by atoms with Crippen molar-refractivity contribution in [1.82, 2.24) is 4.98 Å². The quantitative estimate of drug-likeness (QED) is 0.292. The van der Waals surface area contributed by atoms with Gasteiger partial charge in [-0.2, -0.15) is 0 Å². The van der Waals surface area contributed by atoms with Crippen LogP contribution in [0.5, 0.6) is 11.6 Å². The fraction of sp³-hybridized carbons (Fsp3) is 0.500. The number of rotatable bonds is 10. The van der Waals surface area contributed by atoms with Gasteiger partial charge < -0.3 is 9.47 Å². The Bertz CT molecular complexity index is 703.